The standard InChI is InChI=1S/C22H26ClN5O2S/c1-3-13(4-2)21-26-27-22(31-21)25-20(30)15-9-19(29)28(12-15)8-7-14-11-24-18-6-5-16(23)10-17(14)18/h5-6,10-11,13,15,24H,3-4,7-9,12H2,1-2H3,(H,25,27,30). The first-order valence-electron chi connectivity index (χ1n) is 10.7. The van der Waals surface area contributed by atoms with Gasteiger partial charge in [-0.1, -0.05) is 36.8 Å². The van der Waals surface area contributed by atoms with Gasteiger partial charge in [-0.15, -0.1) is 10.2 Å². The highest BCUT2D eigenvalue weighted by atomic mass is 35.5. The first kappa shape index (κ1) is 21.8. The minimum atomic E-state index is -0.370. The van der Waals surface area contributed by atoms with Crippen molar-refractivity contribution in [2.45, 2.75) is 45.4 Å². The van der Waals surface area contributed by atoms with Gasteiger partial charge < -0.3 is 15.2 Å². The highest BCUT2D eigenvalue weighted by molar-refractivity contribution is 7.15. The van der Waals surface area contributed by atoms with E-state index in [0.717, 1.165) is 34.3 Å². The zero-order valence-corrected chi connectivity index (χ0v) is 19.2. The van der Waals surface area contributed by atoms with Gasteiger partial charge in [0.1, 0.15) is 5.01 Å². The molecule has 0 spiro atoms. The van der Waals surface area contributed by atoms with Gasteiger partial charge in [-0.3, -0.25) is 9.59 Å². The Hall–Kier alpha value is -2.45. The molecule has 1 atom stereocenters. The van der Waals surface area contributed by atoms with E-state index in [2.05, 4.69) is 34.3 Å². The Bertz CT molecular complexity index is 1090. The second kappa shape index (κ2) is 9.36. The lowest BCUT2D eigenvalue weighted by Gasteiger charge is -2.16. The Morgan fingerprint density at radius 3 is 2.94 bits per heavy atom. The Morgan fingerprint density at radius 2 is 2.16 bits per heavy atom. The van der Waals surface area contributed by atoms with Gasteiger partial charge in [0.05, 0.1) is 5.92 Å². The molecule has 0 aliphatic carbocycles. The number of aromatic nitrogens is 3. The molecule has 0 saturated carbocycles. The van der Waals surface area contributed by atoms with Gasteiger partial charge in [0.25, 0.3) is 0 Å². The topological polar surface area (TPSA) is 91.0 Å². The predicted molar refractivity (Wildman–Crippen MR) is 124 cm³/mol. The van der Waals surface area contributed by atoms with Crippen molar-refractivity contribution in [1.82, 2.24) is 20.1 Å². The van der Waals surface area contributed by atoms with Crippen molar-refractivity contribution in [2.75, 3.05) is 18.4 Å². The molecule has 1 fully saturated rings. The molecule has 0 bridgehead atoms. The minimum Gasteiger partial charge on any atom is -0.361 e. The van der Waals surface area contributed by atoms with Crippen LogP contribution in [0.4, 0.5) is 5.13 Å². The maximum Gasteiger partial charge on any atom is 0.231 e. The van der Waals surface area contributed by atoms with Crippen molar-refractivity contribution in [3.05, 3.63) is 40.0 Å². The van der Waals surface area contributed by atoms with Crippen LogP contribution in [0.15, 0.2) is 24.4 Å². The highest BCUT2D eigenvalue weighted by Gasteiger charge is 2.34. The van der Waals surface area contributed by atoms with E-state index in [1.54, 1.807) is 4.90 Å². The second-order valence-electron chi connectivity index (χ2n) is 7.94. The number of hydrogen-bond acceptors (Lipinski definition) is 5. The fourth-order valence-electron chi connectivity index (χ4n) is 4.07. The molecule has 2 aromatic heterocycles. The monoisotopic (exact) mass is 459 g/mol. The Labute approximate surface area is 190 Å². The van der Waals surface area contributed by atoms with Crippen LogP contribution in [0, 0.1) is 5.92 Å². The molecule has 164 valence electrons. The van der Waals surface area contributed by atoms with Crippen molar-refractivity contribution >= 4 is 50.8 Å². The molecule has 0 radical (unpaired) electrons. The summed E-state index contributed by atoms with van der Waals surface area (Å²) in [6, 6.07) is 5.73. The summed E-state index contributed by atoms with van der Waals surface area (Å²) in [4.78, 5) is 30.2. The number of aromatic amines is 1. The third-order valence-electron chi connectivity index (χ3n) is 5.97. The maximum absolute atomic E-state index is 12.7. The lowest BCUT2D eigenvalue weighted by atomic mass is 10.1. The fraction of sp³-hybridized carbons (Fsp3) is 0.455. The van der Waals surface area contributed by atoms with E-state index in [1.807, 2.05) is 24.4 Å². The van der Waals surface area contributed by atoms with Crippen LogP contribution in [0.25, 0.3) is 10.9 Å². The Balaban J connectivity index is 1.34. The third kappa shape index (κ3) is 4.75. The normalized spacial score (nSPS) is 16.6. The van der Waals surface area contributed by atoms with Gasteiger partial charge in [0, 0.05) is 47.6 Å². The SMILES string of the molecule is CCC(CC)c1nnc(NC(=O)C2CC(=O)N(CCc3c[nH]c4ccc(Cl)cc34)C2)s1. The number of H-pyrrole nitrogens is 1. The van der Waals surface area contributed by atoms with Gasteiger partial charge in [0.15, 0.2) is 0 Å². The molecule has 4 rings (SSSR count). The summed E-state index contributed by atoms with van der Waals surface area (Å²) in [7, 11) is 0. The van der Waals surface area contributed by atoms with Crippen molar-refractivity contribution in [3.8, 4) is 0 Å². The van der Waals surface area contributed by atoms with Gasteiger partial charge in [-0.2, -0.15) is 0 Å². The molecule has 3 heterocycles. The smallest absolute Gasteiger partial charge is 0.231 e. The largest absolute Gasteiger partial charge is 0.361 e. The zero-order chi connectivity index (χ0) is 22.0. The van der Waals surface area contributed by atoms with E-state index < -0.39 is 0 Å². The second-order valence-corrected chi connectivity index (χ2v) is 9.39. The number of carbonyl (C=O) groups excluding carboxylic acids is 2. The molecule has 9 heteroatoms. The summed E-state index contributed by atoms with van der Waals surface area (Å²) in [5.74, 6) is -0.161. The summed E-state index contributed by atoms with van der Waals surface area (Å²) < 4.78 is 0. The molecule has 3 aromatic rings. The Kier molecular flexibility index (Phi) is 6.57. The number of rotatable bonds is 8. The molecule has 7 nitrogen and oxygen atoms in total. The van der Waals surface area contributed by atoms with Gasteiger partial charge in [0.2, 0.25) is 16.9 Å². The van der Waals surface area contributed by atoms with Gasteiger partial charge >= 0.3 is 0 Å². The average molecular weight is 460 g/mol. The maximum atomic E-state index is 12.7. The Morgan fingerprint density at radius 1 is 1.35 bits per heavy atom. The van der Waals surface area contributed by atoms with E-state index in [4.69, 9.17) is 11.6 Å². The molecule has 1 aliphatic rings. The molecule has 1 saturated heterocycles. The number of anilines is 1. The zero-order valence-electron chi connectivity index (χ0n) is 17.7. The highest BCUT2D eigenvalue weighted by Crippen LogP contribution is 2.29. The number of nitrogens with one attached hydrogen (secondary N) is 2. The van der Waals surface area contributed by atoms with E-state index in [1.165, 1.54) is 11.3 Å². The predicted octanol–water partition coefficient (Wildman–Crippen LogP) is 4.61. The van der Waals surface area contributed by atoms with E-state index in [0.29, 0.717) is 35.6 Å². The van der Waals surface area contributed by atoms with Gasteiger partial charge in [-0.25, -0.2) is 0 Å². The fourth-order valence-corrected chi connectivity index (χ4v) is 5.26. The summed E-state index contributed by atoms with van der Waals surface area (Å²) in [5.41, 5.74) is 2.13. The van der Waals surface area contributed by atoms with Crippen LogP contribution in [0.3, 0.4) is 0 Å². The minimum absolute atomic E-state index is 0.00741. The summed E-state index contributed by atoms with van der Waals surface area (Å²) >= 11 is 7.54. The molecular weight excluding hydrogens is 434 g/mol. The van der Waals surface area contributed by atoms with Crippen LogP contribution in [0.5, 0.6) is 0 Å². The number of fused-ring (bicyclic) bond motifs is 1. The van der Waals surface area contributed by atoms with Crippen LogP contribution >= 0.6 is 22.9 Å². The van der Waals surface area contributed by atoms with E-state index in [-0.39, 0.29) is 24.2 Å². The number of hydrogen-bond donors (Lipinski definition) is 2. The lowest BCUT2D eigenvalue weighted by Crippen LogP contribution is -2.30. The van der Waals surface area contributed by atoms with E-state index in [9.17, 15) is 9.59 Å². The molecule has 1 unspecified atom stereocenters. The number of likely N-dealkylation sites (tertiary alicyclic amines) is 1. The van der Waals surface area contributed by atoms with Crippen molar-refractivity contribution < 1.29 is 9.59 Å². The summed E-state index contributed by atoms with van der Waals surface area (Å²) in [6.45, 7) is 5.24. The first-order chi connectivity index (χ1) is 15.0. The molecule has 1 aromatic carbocycles. The molecule has 2 N–H and O–H groups in total. The van der Waals surface area contributed by atoms with Crippen LogP contribution in [0.2, 0.25) is 5.02 Å². The quantitative estimate of drug-likeness (QED) is 0.514. The summed E-state index contributed by atoms with van der Waals surface area (Å²) in [6.07, 6.45) is 4.87. The van der Waals surface area contributed by atoms with Crippen LogP contribution in [0.1, 0.15) is 49.6 Å². The van der Waals surface area contributed by atoms with E-state index >= 15 is 0 Å². The number of benzene rings is 1. The van der Waals surface area contributed by atoms with Crippen molar-refractivity contribution in [3.63, 3.8) is 0 Å². The number of nitrogens with zero attached hydrogens (tertiary/aromatic N) is 3. The van der Waals surface area contributed by atoms with Crippen molar-refractivity contribution in [2.24, 2.45) is 5.92 Å². The molecule has 31 heavy (non-hydrogen) atoms. The molecule has 1 aliphatic heterocycles. The number of amides is 2. The first-order valence-corrected chi connectivity index (χ1v) is 11.9. The molecule has 2 amide bonds. The van der Waals surface area contributed by atoms with Crippen LogP contribution in [-0.4, -0.2) is 45.0 Å². The van der Waals surface area contributed by atoms with Gasteiger partial charge in [-0.05, 0) is 43.0 Å². The van der Waals surface area contributed by atoms with Crippen LogP contribution in [-0.2, 0) is 16.0 Å². The number of carbonyl (C=O) groups is 2. The molecular formula is C22H26ClN5O2S. The van der Waals surface area contributed by atoms with Crippen LogP contribution < -0.4 is 5.32 Å². The lowest BCUT2D eigenvalue weighted by molar-refractivity contribution is -0.128. The number of halogens is 1. The van der Waals surface area contributed by atoms with Crippen molar-refractivity contribution in [1.29, 1.82) is 0 Å². The summed E-state index contributed by atoms with van der Waals surface area (Å²) in [5, 5.41) is 14.4. The average Bonchev–Trinajstić information content (AvgIpc) is 3.46. The third-order valence-corrected chi connectivity index (χ3v) is 7.21.